The van der Waals surface area contributed by atoms with Gasteiger partial charge >= 0.3 is 0 Å². The van der Waals surface area contributed by atoms with Crippen LogP contribution >= 0.6 is 0 Å². The largest absolute Gasteiger partial charge is 0.368 e. The molecule has 2 nitrogen and oxygen atoms in total. The van der Waals surface area contributed by atoms with Gasteiger partial charge in [-0.3, -0.25) is 0 Å². The fourth-order valence-corrected chi connectivity index (χ4v) is 1.30. The van der Waals surface area contributed by atoms with Crippen molar-refractivity contribution in [1.29, 1.82) is 0 Å². The number of hydrogen-bond acceptors (Lipinski definition) is 2. The van der Waals surface area contributed by atoms with Crippen LogP contribution < -0.4 is 0 Å². The van der Waals surface area contributed by atoms with Crippen molar-refractivity contribution in [3.05, 3.63) is 12.7 Å². The molecular weight excluding hydrogens is 128 g/mol. The summed E-state index contributed by atoms with van der Waals surface area (Å²) >= 11 is 0. The highest BCUT2D eigenvalue weighted by atomic mass is 16.6. The van der Waals surface area contributed by atoms with E-state index in [1.165, 1.54) is 0 Å². The van der Waals surface area contributed by atoms with Crippen LogP contribution in [-0.2, 0) is 4.74 Å². The van der Waals surface area contributed by atoms with Crippen LogP contribution in [0.25, 0.3) is 0 Å². The predicted octanol–water partition coefficient (Wildman–Crippen LogP) is 1.31. The summed E-state index contributed by atoms with van der Waals surface area (Å²) in [5.41, 5.74) is 0. The molecular formula is C8H14O2. The van der Waals surface area contributed by atoms with Crippen LogP contribution in [0.4, 0.5) is 0 Å². The van der Waals surface area contributed by atoms with Gasteiger partial charge in [0.1, 0.15) is 0 Å². The molecule has 1 aliphatic heterocycles. The summed E-state index contributed by atoms with van der Waals surface area (Å²) in [7, 11) is 0. The molecule has 0 amide bonds. The first kappa shape index (κ1) is 7.76. The second-order valence-corrected chi connectivity index (χ2v) is 2.94. The lowest BCUT2D eigenvalue weighted by Crippen LogP contribution is -2.30. The summed E-state index contributed by atoms with van der Waals surface area (Å²) in [6, 6.07) is 0. The Morgan fingerprint density at radius 3 is 2.80 bits per heavy atom. The number of aliphatic hydroxyl groups excluding tert-OH is 1. The van der Waals surface area contributed by atoms with Crippen LogP contribution in [0.1, 0.15) is 19.8 Å². The van der Waals surface area contributed by atoms with Crippen molar-refractivity contribution in [2.24, 2.45) is 5.92 Å². The minimum atomic E-state index is -0.577. The molecule has 0 saturated carbocycles. The van der Waals surface area contributed by atoms with Crippen LogP contribution in [0.5, 0.6) is 0 Å². The predicted molar refractivity (Wildman–Crippen MR) is 39.5 cm³/mol. The normalized spacial score (nSPS) is 41.2. The van der Waals surface area contributed by atoms with Crippen molar-refractivity contribution in [2.45, 2.75) is 32.2 Å². The first-order valence-corrected chi connectivity index (χ1v) is 3.68. The third-order valence-electron chi connectivity index (χ3n) is 1.83. The fourth-order valence-electron chi connectivity index (χ4n) is 1.30. The Balaban J connectivity index is 2.42. The molecule has 0 aromatic carbocycles. The Bertz CT molecular complexity index is 112. The SMILES string of the molecule is C=CC1CC(C)CC(O)O1. The Morgan fingerprint density at radius 1 is 1.60 bits per heavy atom. The molecule has 0 radical (unpaired) electrons. The molecule has 3 atom stereocenters. The summed E-state index contributed by atoms with van der Waals surface area (Å²) in [6.07, 6.45) is 2.97. The van der Waals surface area contributed by atoms with E-state index >= 15 is 0 Å². The van der Waals surface area contributed by atoms with Crippen molar-refractivity contribution in [2.75, 3.05) is 0 Å². The number of ether oxygens (including phenoxy) is 1. The third-order valence-corrected chi connectivity index (χ3v) is 1.83. The second kappa shape index (κ2) is 3.17. The zero-order valence-corrected chi connectivity index (χ0v) is 6.29. The van der Waals surface area contributed by atoms with Gasteiger partial charge in [0.2, 0.25) is 0 Å². The molecule has 0 aromatic heterocycles. The van der Waals surface area contributed by atoms with Crippen LogP contribution in [0.2, 0.25) is 0 Å². The summed E-state index contributed by atoms with van der Waals surface area (Å²) in [4.78, 5) is 0. The molecule has 1 rings (SSSR count). The van der Waals surface area contributed by atoms with Gasteiger partial charge in [0.05, 0.1) is 6.10 Å². The quantitative estimate of drug-likeness (QED) is 0.559. The molecule has 0 aromatic rings. The van der Waals surface area contributed by atoms with E-state index in [-0.39, 0.29) is 6.10 Å². The first-order chi connectivity index (χ1) is 4.72. The van der Waals surface area contributed by atoms with E-state index < -0.39 is 6.29 Å². The Labute approximate surface area is 61.5 Å². The van der Waals surface area contributed by atoms with Gasteiger partial charge in [-0.15, -0.1) is 6.58 Å². The summed E-state index contributed by atoms with van der Waals surface area (Å²) in [6.45, 7) is 5.73. The number of rotatable bonds is 1. The van der Waals surface area contributed by atoms with E-state index in [0.29, 0.717) is 5.92 Å². The molecule has 1 aliphatic rings. The molecule has 0 aliphatic carbocycles. The Hall–Kier alpha value is -0.340. The molecule has 58 valence electrons. The van der Waals surface area contributed by atoms with Crippen LogP contribution in [0.15, 0.2) is 12.7 Å². The summed E-state index contributed by atoms with van der Waals surface area (Å²) in [5, 5.41) is 9.11. The minimum Gasteiger partial charge on any atom is -0.368 e. The highest BCUT2D eigenvalue weighted by Crippen LogP contribution is 2.23. The molecule has 1 fully saturated rings. The lowest BCUT2D eigenvalue weighted by Gasteiger charge is -2.28. The maximum atomic E-state index is 9.11. The van der Waals surface area contributed by atoms with Crippen molar-refractivity contribution >= 4 is 0 Å². The van der Waals surface area contributed by atoms with Gasteiger partial charge in [0, 0.05) is 6.42 Å². The maximum absolute atomic E-state index is 9.11. The van der Waals surface area contributed by atoms with E-state index in [0.717, 1.165) is 12.8 Å². The standard InChI is InChI=1S/C8H14O2/c1-3-7-4-6(2)5-8(9)10-7/h3,6-9H,1,4-5H2,2H3. The lowest BCUT2D eigenvalue weighted by atomic mass is 9.97. The van der Waals surface area contributed by atoms with Gasteiger partial charge in [-0.25, -0.2) is 0 Å². The van der Waals surface area contributed by atoms with Crippen LogP contribution in [0, 0.1) is 5.92 Å². The number of hydrogen-bond donors (Lipinski definition) is 1. The van der Waals surface area contributed by atoms with Gasteiger partial charge in [0.25, 0.3) is 0 Å². The molecule has 0 bridgehead atoms. The van der Waals surface area contributed by atoms with E-state index in [4.69, 9.17) is 9.84 Å². The van der Waals surface area contributed by atoms with Crippen molar-refractivity contribution in [3.8, 4) is 0 Å². The average Bonchev–Trinajstić information content (AvgIpc) is 1.85. The van der Waals surface area contributed by atoms with E-state index in [2.05, 4.69) is 13.5 Å². The van der Waals surface area contributed by atoms with Crippen LogP contribution in [-0.4, -0.2) is 17.5 Å². The van der Waals surface area contributed by atoms with Crippen molar-refractivity contribution in [1.82, 2.24) is 0 Å². The van der Waals surface area contributed by atoms with E-state index in [1.807, 2.05) is 0 Å². The molecule has 1 N–H and O–H groups in total. The highest BCUT2D eigenvalue weighted by molar-refractivity contribution is 4.84. The molecule has 0 spiro atoms. The fraction of sp³-hybridized carbons (Fsp3) is 0.750. The van der Waals surface area contributed by atoms with Gasteiger partial charge in [-0.05, 0) is 12.3 Å². The van der Waals surface area contributed by atoms with E-state index in [9.17, 15) is 0 Å². The Morgan fingerprint density at radius 2 is 2.30 bits per heavy atom. The number of aliphatic hydroxyl groups is 1. The average molecular weight is 142 g/mol. The molecule has 1 saturated heterocycles. The molecule has 10 heavy (non-hydrogen) atoms. The van der Waals surface area contributed by atoms with Gasteiger partial charge in [0.15, 0.2) is 6.29 Å². The summed E-state index contributed by atoms with van der Waals surface area (Å²) < 4.78 is 5.14. The molecule has 2 heteroatoms. The highest BCUT2D eigenvalue weighted by Gasteiger charge is 2.22. The zero-order chi connectivity index (χ0) is 7.56. The molecule has 1 heterocycles. The smallest absolute Gasteiger partial charge is 0.155 e. The Kier molecular flexibility index (Phi) is 2.46. The van der Waals surface area contributed by atoms with Gasteiger partial charge in [-0.1, -0.05) is 13.0 Å². The topological polar surface area (TPSA) is 29.5 Å². The first-order valence-electron chi connectivity index (χ1n) is 3.68. The van der Waals surface area contributed by atoms with Gasteiger partial charge in [-0.2, -0.15) is 0 Å². The monoisotopic (exact) mass is 142 g/mol. The maximum Gasteiger partial charge on any atom is 0.155 e. The van der Waals surface area contributed by atoms with Gasteiger partial charge < -0.3 is 9.84 Å². The zero-order valence-electron chi connectivity index (χ0n) is 6.29. The minimum absolute atomic E-state index is 0.0544. The van der Waals surface area contributed by atoms with Crippen molar-refractivity contribution < 1.29 is 9.84 Å². The third kappa shape index (κ3) is 1.82. The second-order valence-electron chi connectivity index (χ2n) is 2.94. The summed E-state index contributed by atoms with van der Waals surface area (Å²) in [5.74, 6) is 0.548. The van der Waals surface area contributed by atoms with E-state index in [1.54, 1.807) is 6.08 Å². The van der Waals surface area contributed by atoms with Crippen LogP contribution in [0.3, 0.4) is 0 Å². The molecule has 3 unspecified atom stereocenters. The van der Waals surface area contributed by atoms with Crippen molar-refractivity contribution in [3.63, 3.8) is 0 Å². The lowest BCUT2D eigenvalue weighted by molar-refractivity contribution is -0.160.